The number of anilines is 1. The van der Waals surface area contributed by atoms with E-state index < -0.39 is 0 Å². The monoisotopic (exact) mass is 476 g/mol. The molecule has 2 aromatic heterocycles. The number of halogens is 1. The Labute approximate surface area is 200 Å². The highest BCUT2D eigenvalue weighted by Gasteiger charge is 2.29. The van der Waals surface area contributed by atoms with Gasteiger partial charge >= 0.3 is 5.97 Å². The van der Waals surface area contributed by atoms with Crippen LogP contribution in [0.3, 0.4) is 0 Å². The average Bonchev–Trinajstić information content (AvgIpc) is 3.39. The van der Waals surface area contributed by atoms with Gasteiger partial charge in [0.15, 0.2) is 0 Å². The van der Waals surface area contributed by atoms with Crippen LogP contribution in [0.15, 0.2) is 54.6 Å². The highest BCUT2D eigenvalue weighted by molar-refractivity contribution is 7.17. The maximum atomic E-state index is 13.5. The Bertz CT molecular complexity index is 1400. The summed E-state index contributed by atoms with van der Waals surface area (Å²) in [6.45, 7) is 2.06. The summed E-state index contributed by atoms with van der Waals surface area (Å²) >= 11 is 7.87. The van der Waals surface area contributed by atoms with Gasteiger partial charge in [-0.2, -0.15) is 0 Å². The van der Waals surface area contributed by atoms with E-state index in [1.807, 2.05) is 42.5 Å². The third-order valence-electron chi connectivity index (χ3n) is 5.74. The first kappa shape index (κ1) is 21.6. The number of aromatic nitrogens is 1. The second-order valence-corrected chi connectivity index (χ2v) is 9.30. The molecule has 1 amide bonds. The smallest absolute Gasteiger partial charge is 0.341 e. The highest BCUT2D eigenvalue weighted by atomic mass is 35.5. The van der Waals surface area contributed by atoms with Crippen molar-refractivity contribution in [1.82, 2.24) is 4.98 Å². The molecule has 1 N–H and O–H groups in total. The summed E-state index contributed by atoms with van der Waals surface area (Å²) in [7, 11) is 0. The van der Waals surface area contributed by atoms with E-state index in [0.717, 1.165) is 40.7 Å². The number of hydrogen-bond acceptors (Lipinski definition) is 5. The number of benzene rings is 2. The number of ether oxygens (including phenoxy) is 1. The number of thiophene rings is 1. The molecule has 33 heavy (non-hydrogen) atoms. The standard InChI is InChI=1S/C26H21ClN2O3S/c1-2-32-26(31)23-17-10-7-13-22(17)33-25(23)29-24(30)18-14-21(16-9-3-5-11-19(16)27)28-20-12-6-4-8-15(18)20/h3-6,8-9,11-12,14H,2,7,10,13H2,1H3,(H,29,30). The molecule has 2 heterocycles. The molecule has 0 saturated carbocycles. The lowest BCUT2D eigenvalue weighted by molar-refractivity contribution is 0.0527. The van der Waals surface area contributed by atoms with Gasteiger partial charge in [-0.15, -0.1) is 11.3 Å². The Balaban J connectivity index is 1.59. The first-order valence-corrected chi connectivity index (χ1v) is 12.0. The van der Waals surface area contributed by atoms with Crippen LogP contribution in [0.2, 0.25) is 5.02 Å². The topological polar surface area (TPSA) is 68.3 Å². The molecule has 4 aromatic rings. The molecule has 1 aliphatic rings. The number of pyridine rings is 1. The fourth-order valence-electron chi connectivity index (χ4n) is 4.25. The van der Waals surface area contributed by atoms with Crippen LogP contribution in [0.1, 0.15) is 44.5 Å². The highest BCUT2D eigenvalue weighted by Crippen LogP contribution is 2.40. The summed E-state index contributed by atoms with van der Waals surface area (Å²) in [5.74, 6) is -0.684. The number of amides is 1. The van der Waals surface area contributed by atoms with E-state index in [4.69, 9.17) is 21.3 Å². The first-order valence-electron chi connectivity index (χ1n) is 10.8. The molecule has 1 aliphatic carbocycles. The van der Waals surface area contributed by atoms with Gasteiger partial charge in [-0.25, -0.2) is 9.78 Å². The minimum Gasteiger partial charge on any atom is -0.462 e. The van der Waals surface area contributed by atoms with Crippen molar-refractivity contribution in [3.8, 4) is 11.3 Å². The van der Waals surface area contributed by atoms with Gasteiger partial charge in [-0.1, -0.05) is 48.0 Å². The van der Waals surface area contributed by atoms with Crippen LogP contribution >= 0.6 is 22.9 Å². The van der Waals surface area contributed by atoms with E-state index in [-0.39, 0.29) is 18.5 Å². The Morgan fingerprint density at radius 3 is 2.73 bits per heavy atom. The predicted octanol–water partition coefficient (Wildman–Crippen LogP) is 6.53. The van der Waals surface area contributed by atoms with Gasteiger partial charge in [-0.05, 0) is 49.9 Å². The van der Waals surface area contributed by atoms with Crippen LogP contribution in [0.5, 0.6) is 0 Å². The zero-order valence-corrected chi connectivity index (χ0v) is 19.6. The number of nitrogens with zero attached hydrogens (tertiary/aromatic N) is 1. The number of fused-ring (bicyclic) bond motifs is 2. The van der Waals surface area contributed by atoms with Gasteiger partial charge in [0.2, 0.25) is 0 Å². The molecule has 0 saturated heterocycles. The molecule has 0 aliphatic heterocycles. The number of carbonyl (C=O) groups excluding carboxylic acids is 2. The summed E-state index contributed by atoms with van der Waals surface area (Å²) in [4.78, 5) is 32.1. The maximum Gasteiger partial charge on any atom is 0.341 e. The predicted molar refractivity (Wildman–Crippen MR) is 132 cm³/mol. The second-order valence-electron chi connectivity index (χ2n) is 7.79. The summed E-state index contributed by atoms with van der Waals surface area (Å²) in [5.41, 5.74) is 4.03. The molecule has 0 unspecified atom stereocenters. The minimum absolute atomic E-state index is 0.285. The Morgan fingerprint density at radius 2 is 1.91 bits per heavy atom. The molecule has 0 atom stereocenters. The molecular weight excluding hydrogens is 456 g/mol. The molecule has 0 spiro atoms. The van der Waals surface area contributed by atoms with E-state index >= 15 is 0 Å². The van der Waals surface area contributed by atoms with Crippen LogP contribution in [0.25, 0.3) is 22.2 Å². The third-order valence-corrected chi connectivity index (χ3v) is 7.28. The SMILES string of the molecule is CCOC(=O)c1c(NC(=O)c2cc(-c3ccccc3Cl)nc3ccccc23)sc2c1CCC2. The summed E-state index contributed by atoms with van der Waals surface area (Å²) in [5, 5.41) is 4.83. The van der Waals surface area contributed by atoms with Crippen LogP contribution < -0.4 is 5.32 Å². The van der Waals surface area contributed by atoms with E-state index in [1.165, 1.54) is 11.3 Å². The number of nitrogens with one attached hydrogen (secondary N) is 1. The molecule has 5 nitrogen and oxygen atoms in total. The van der Waals surface area contributed by atoms with Gasteiger partial charge in [-0.3, -0.25) is 4.79 Å². The minimum atomic E-state index is -0.386. The number of carbonyl (C=O) groups is 2. The lowest BCUT2D eigenvalue weighted by atomic mass is 10.0. The van der Waals surface area contributed by atoms with E-state index in [2.05, 4.69) is 5.32 Å². The van der Waals surface area contributed by atoms with Crippen molar-refractivity contribution in [2.75, 3.05) is 11.9 Å². The molecule has 5 rings (SSSR count). The third kappa shape index (κ3) is 4.01. The Kier molecular flexibility index (Phi) is 5.87. The number of hydrogen-bond donors (Lipinski definition) is 1. The molecule has 0 fully saturated rings. The second kappa shape index (κ2) is 8.96. The number of esters is 1. The lowest BCUT2D eigenvalue weighted by Gasteiger charge is -2.12. The van der Waals surface area contributed by atoms with E-state index in [9.17, 15) is 9.59 Å². The molecule has 166 valence electrons. The molecular formula is C26H21ClN2O3S. The molecule has 0 bridgehead atoms. The molecule has 0 radical (unpaired) electrons. The van der Waals surface area contributed by atoms with Crippen molar-refractivity contribution < 1.29 is 14.3 Å². The maximum absolute atomic E-state index is 13.5. The molecule has 7 heteroatoms. The summed E-state index contributed by atoms with van der Waals surface area (Å²) in [6, 6.07) is 16.7. The van der Waals surface area contributed by atoms with Crippen molar-refractivity contribution in [3.05, 3.63) is 81.2 Å². The van der Waals surface area contributed by atoms with Crippen molar-refractivity contribution in [1.29, 1.82) is 0 Å². The van der Waals surface area contributed by atoms with Gasteiger partial charge in [0.25, 0.3) is 5.91 Å². The fourth-order valence-corrected chi connectivity index (χ4v) is 5.76. The van der Waals surface area contributed by atoms with Crippen molar-refractivity contribution in [2.45, 2.75) is 26.2 Å². The summed E-state index contributed by atoms with van der Waals surface area (Å²) in [6.07, 6.45) is 2.75. The average molecular weight is 477 g/mol. The lowest BCUT2D eigenvalue weighted by Crippen LogP contribution is -2.16. The zero-order valence-electron chi connectivity index (χ0n) is 18.0. The fraction of sp³-hybridized carbons (Fsp3) is 0.192. The van der Waals surface area contributed by atoms with Crippen LogP contribution in [-0.2, 0) is 17.6 Å². The Morgan fingerprint density at radius 1 is 1.12 bits per heavy atom. The van der Waals surface area contributed by atoms with Gasteiger partial charge in [0.1, 0.15) is 5.00 Å². The first-order chi connectivity index (χ1) is 16.1. The van der Waals surface area contributed by atoms with Crippen molar-refractivity contribution in [2.24, 2.45) is 0 Å². The number of para-hydroxylation sites is 1. The Hall–Kier alpha value is -3.22. The molecule has 2 aromatic carbocycles. The van der Waals surface area contributed by atoms with Crippen molar-refractivity contribution in [3.63, 3.8) is 0 Å². The van der Waals surface area contributed by atoms with Crippen molar-refractivity contribution >= 4 is 50.7 Å². The van der Waals surface area contributed by atoms with Crippen LogP contribution in [0, 0.1) is 0 Å². The zero-order chi connectivity index (χ0) is 22.9. The quantitative estimate of drug-likeness (QED) is 0.332. The van der Waals surface area contributed by atoms with Crippen LogP contribution in [0.4, 0.5) is 5.00 Å². The number of aryl methyl sites for hydroxylation is 1. The summed E-state index contributed by atoms with van der Waals surface area (Å²) < 4.78 is 5.29. The number of rotatable bonds is 5. The van der Waals surface area contributed by atoms with Gasteiger partial charge in [0.05, 0.1) is 28.9 Å². The largest absolute Gasteiger partial charge is 0.462 e. The van der Waals surface area contributed by atoms with Gasteiger partial charge in [0, 0.05) is 20.8 Å². The van der Waals surface area contributed by atoms with E-state index in [1.54, 1.807) is 19.1 Å². The normalized spacial score (nSPS) is 12.5. The van der Waals surface area contributed by atoms with Crippen LogP contribution in [-0.4, -0.2) is 23.5 Å². The van der Waals surface area contributed by atoms with E-state index in [0.29, 0.717) is 32.4 Å². The van der Waals surface area contributed by atoms with Gasteiger partial charge < -0.3 is 10.1 Å².